The van der Waals surface area contributed by atoms with Crippen LogP contribution in [0.5, 0.6) is 0 Å². The molecular weight excluding hydrogens is 485 g/mol. The first-order valence-electron chi connectivity index (χ1n) is 10.1. The Labute approximate surface area is 197 Å². The number of nitrogens with zero attached hydrogens (tertiary/aromatic N) is 4. The quantitative estimate of drug-likeness (QED) is 0.401. The second-order valence-electron chi connectivity index (χ2n) is 7.25. The van der Waals surface area contributed by atoms with Crippen molar-refractivity contribution < 1.29 is 31.5 Å². The van der Waals surface area contributed by atoms with Gasteiger partial charge in [-0.2, -0.15) is 9.40 Å². The van der Waals surface area contributed by atoms with Gasteiger partial charge in [-0.1, -0.05) is 12.1 Å². The van der Waals surface area contributed by atoms with Crippen molar-refractivity contribution in [2.45, 2.75) is 18.4 Å². The second-order valence-corrected chi connectivity index (χ2v) is 9.00. The van der Waals surface area contributed by atoms with E-state index in [0.717, 1.165) is 6.07 Å². The van der Waals surface area contributed by atoms with Gasteiger partial charge >= 0.3 is 6.09 Å². The molecular formula is C23H17F3N4O4S. The Bertz CT molecular complexity index is 1530. The van der Waals surface area contributed by atoms with E-state index in [4.69, 9.17) is 0 Å². The van der Waals surface area contributed by atoms with Gasteiger partial charge in [0.15, 0.2) is 0 Å². The highest BCUT2D eigenvalue weighted by Crippen LogP contribution is 2.40. The van der Waals surface area contributed by atoms with E-state index >= 15 is 4.39 Å². The lowest BCUT2D eigenvalue weighted by atomic mass is 10.0. The first-order valence-corrected chi connectivity index (χ1v) is 11.6. The van der Waals surface area contributed by atoms with Gasteiger partial charge in [0.25, 0.3) is 10.0 Å². The van der Waals surface area contributed by atoms with Gasteiger partial charge < -0.3 is 5.11 Å². The molecule has 1 amide bonds. The van der Waals surface area contributed by atoms with Crippen molar-refractivity contribution in [1.29, 1.82) is 0 Å². The molecule has 12 heteroatoms. The molecule has 2 aromatic carbocycles. The molecule has 0 bridgehead atoms. The van der Waals surface area contributed by atoms with Crippen molar-refractivity contribution in [3.63, 3.8) is 0 Å². The average molecular weight is 502 g/mol. The van der Waals surface area contributed by atoms with E-state index in [1.807, 2.05) is 0 Å². The van der Waals surface area contributed by atoms with Gasteiger partial charge in [-0.3, -0.25) is 9.67 Å². The van der Waals surface area contributed by atoms with Crippen LogP contribution in [0.2, 0.25) is 0 Å². The van der Waals surface area contributed by atoms with Gasteiger partial charge in [-0.05, 0) is 48.9 Å². The lowest BCUT2D eigenvalue weighted by molar-refractivity contribution is 0.206. The molecule has 0 fully saturated rings. The Hall–Kier alpha value is -4.19. The smallest absolute Gasteiger partial charge is 0.426 e. The normalized spacial score (nSPS) is 11.4. The van der Waals surface area contributed by atoms with Crippen LogP contribution in [0.15, 0.2) is 72.0 Å². The zero-order valence-electron chi connectivity index (χ0n) is 18.1. The van der Waals surface area contributed by atoms with Crippen molar-refractivity contribution in [3.8, 4) is 22.4 Å². The number of anilines is 1. The van der Waals surface area contributed by atoms with Gasteiger partial charge in [-0.25, -0.2) is 26.4 Å². The fraction of sp³-hybridized carbons (Fsp3) is 0.0870. The molecule has 35 heavy (non-hydrogen) atoms. The van der Waals surface area contributed by atoms with E-state index in [2.05, 4.69) is 10.1 Å². The topological polar surface area (TPSA) is 105 Å². The molecule has 0 radical (unpaired) electrons. The first-order chi connectivity index (χ1) is 16.6. The standard InChI is InChI=1S/C23H17F3N4O4S/c1-2-29-13-17(14-8-10-27-11-9-14)21(28-29)16-4-3-5-19(26)22(16)30(23(31)32)35(33,34)20-12-15(24)6-7-18(20)25/h3-13H,2H2,1H3,(H,31,32). The molecule has 0 atom stereocenters. The molecule has 2 heterocycles. The van der Waals surface area contributed by atoms with Crippen molar-refractivity contribution in [2.24, 2.45) is 0 Å². The maximum absolute atomic E-state index is 15.2. The predicted molar refractivity (Wildman–Crippen MR) is 121 cm³/mol. The number of halogens is 3. The monoisotopic (exact) mass is 502 g/mol. The molecule has 4 aromatic rings. The van der Waals surface area contributed by atoms with Crippen molar-refractivity contribution in [2.75, 3.05) is 4.31 Å². The molecule has 8 nitrogen and oxygen atoms in total. The predicted octanol–water partition coefficient (Wildman–Crippen LogP) is 4.92. The van der Waals surface area contributed by atoms with Crippen LogP contribution in [0.25, 0.3) is 22.4 Å². The summed E-state index contributed by atoms with van der Waals surface area (Å²) in [5.74, 6) is -3.74. The van der Waals surface area contributed by atoms with E-state index in [0.29, 0.717) is 35.9 Å². The zero-order valence-corrected chi connectivity index (χ0v) is 18.9. The Morgan fingerprint density at radius 1 is 1.03 bits per heavy atom. The minimum Gasteiger partial charge on any atom is -0.464 e. The van der Waals surface area contributed by atoms with Crippen molar-refractivity contribution >= 4 is 21.8 Å². The Morgan fingerprint density at radius 3 is 2.40 bits per heavy atom. The van der Waals surface area contributed by atoms with Gasteiger partial charge in [0.2, 0.25) is 0 Å². The zero-order chi connectivity index (χ0) is 25.3. The number of carboxylic acid groups (broad SMARTS) is 1. The summed E-state index contributed by atoms with van der Waals surface area (Å²) in [7, 11) is -5.30. The molecule has 0 aliphatic heterocycles. The minimum atomic E-state index is -5.30. The lowest BCUT2D eigenvalue weighted by Crippen LogP contribution is -2.37. The van der Waals surface area contributed by atoms with Crippen molar-refractivity contribution in [3.05, 3.63) is 84.6 Å². The molecule has 4 rings (SSSR count). The number of carbonyl (C=O) groups is 1. The molecule has 0 spiro atoms. The summed E-state index contributed by atoms with van der Waals surface area (Å²) in [6.45, 7) is 2.19. The number of amides is 1. The number of sulfonamides is 1. The van der Waals surface area contributed by atoms with Crippen LogP contribution >= 0.6 is 0 Å². The lowest BCUT2D eigenvalue weighted by Gasteiger charge is -2.22. The molecule has 2 aromatic heterocycles. The molecule has 1 N–H and O–H groups in total. The molecule has 180 valence electrons. The van der Waals surface area contributed by atoms with E-state index in [1.165, 1.54) is 29.2 Å². The molecule has 0 saturated heterocycles. The van der Waals surface area contributed by atoms with Crippen LogP contribution in [0, 0.1) is 17.5 Å². The number of rotatable bonds is 6. The summed E-state index contributed by atoms with van der Waals surface area (Å²) in [5.41, 5.74) is 0.0347. The summed E-state index contributed by atoms with van der Waals surface area (Å²) in [6.07, 6.45) is 2.52. The van der Waals surface area contributed by atoms with Crippen LogP contribution in [0.4, 0.5) is 23.7 Å². The van der Waals surface area contributed by atoms with Crippen LogP contribution in [0.3, 0.4) is 0 Å². The fourth-order valence-electron chi connectivity index (χ4n) is 3.53. The van der Waals surface area contributed by atoms with Crippen LogP contribution < -0.4 is 4.31 Å². The molecule has 0 aliphatic rings. The highest BCUT2D eigenvalue weighted by molar-refractivity contribution is 7.93. The van der Waals surface area contributed by atoms with Crippen LogP contribution in [-0.4, -0.2) is 34.4 Å². The highest BCUT2D eigenvalue weighted by Gasteiger charge is 2.38. The van der Waals surface area contributed by atoms with Crippen molar-refractivity contribution in [1.82, 2.24) is 14.8 Å². The average Bonchev–Trinajstić information content (AvgIpc) is 3.26. The maximum atomic E-state index is 15.2. The third kappa shape index (κ3) is 4.35. The number of aryl methyl sites for hydroxylation is 1. The number of pyridine rings is 1. The van der Waals surface area contributed by atoms with Gasteiger partial charge in [-0.15, -0.1) is 0 Å². The SMILES string of the molecule is CCn1cc(-c2ccncc2)c(-c2cccc(F)c2N(C(=O)O)S(=O)(=O)c2cc(F)ccc2F)n1. The van der Waals surface area contributed by atoms with E-state index < -0.39 is 44.2 Å². The Balaban J connectivity index is 2.01. The molecule has 0 aliphatic carbocycles. The number of hydrogen-bond donors (Lipinski definition) is 1. The highest BCUT2D eigenvalue weighted by atomic mass is 32.2. The van der Waals surface area contributed by atoms with E-state index in [-0.39, 0.29) is 15.6 Å². The van der Waals surface area contributed by atoms with E-state index in [9.17, 15) is 27.1 Å². The third-order valence-corrected chi connectivity index (χ3v) is 6.80. The van der Waals surface area contributed by atoms with Gasteiger partial charge in [0, 0.05) is 36.3 Å². The maximum Gasteiger partial charge on any atom is 0.426 e. The van der Waals surface area contributed by atoms with Crippen LogP contribution in [-0.2, 0) is 16.6 Å². The number of para-hydroxylation sites is 1. The van der Waals surface area contributed by atoms with Gasteiger partial charge in [0.1, 0.15) is 33.7 Å². The minimum absolute atomic E-state index is 0.0775. The Morgan fingerprint density at radius 2 is 1.74 bits per heavy atom. The number of aromatic nitrogens is 3. The summed E-state index contributed by atoms with van der Waals surface area (Å²) in [5, 5.41) is 14.2. The second kappa shape index (κ2) is 9.22. The van der Waals surface area contributed by atoms with Crippen LogP contribution in [0.1, 0.15) is 6.92 Å². The van der Waals surface area contributed by atoms with Gasteiger partial charge in [0.05, 0.1) is 0 Å². The molecule has 0 saturated carbocycles. The first kappa shape index (κ1) is 24.0. The summed E-state index contributed by atoms with van der Waals surface area (Å²) in [6, 6.07) is 8.23. The Kier molecular flexibility index (Phi) is 6.31. The molecule has 0 unspecified atom stereocenters. The van der Waals surface area contributed by atoms with E-state index in [1.54, 1.807) is 25.3 Å². The summed E-state index contributed by atoms with van der Waals surface area (Å²) >= 11 is 0. The summed E-state index contributed by atoms with van der Waals surface area (Å²) < 4.78 is 71.0. The fourth-order valence-corrected chi connectivity index (χ4v) is 4.93. The third-order valence-electron chi connectivity index (χ3n) is 5.11. The largest absolute Gasteiger partial charge is 0.464 e. The number of benzene rings is 2. The number of hydrogen-bond acceptors (Lipinski definition) is 5. The summed E-state index contributed by atoms with van der Waals surface area (Å²) in [4.78, 5) is 14.9.